The van der Waals surface area contributed by atoms with Gasteiger partial charge in [0, 0.05) is 43.0 Å². The molecule has 0 aliphatic rings. The SMILES string of the molecule is CC(C)C[C@H](NC(=O)[C@H](CCC(=O)O)NC(=O)[C@H](Cc1c[nH]c2ccccc12)NC(=O)[C@@H](NC(=O)[C@H](CCCN=C(N)N)NC(=O)[C@@H](N)CCCN=C(N)N)C(C)C)C(=O)N[C@@H](CO)C(=O)N[C@@H](CCCCN)C(=O)N[C@@H](C)C(=O)O. The third kappa shape index (κ3) is 25.3. The van der Waals surface area contributed by atoms with Gasteiger partial charge in [-0.25, -0.2) is 0 Å². The number of para-hydroxylation sites is 1. The van der Waals surface area contributed by atoms with Crippen LogP contribution in [0.3, 0.4) is 0 Å². The standard InChI is InChI=1S/C51H85N17O13/c1-26(2)22-36(45(76)67-38(25-69)47(78)63-33(15-8-9-19-52)42(73)61-28(5)49(80)81)65-43(74)35(17-18-39(70)71)64-46(77)37(23-29-24-60-32-14-7-6-12-30(29)32)66-48(79)40(27(3)4)68-44(75)34(16-11-21-59-51(56)57)62-41(72)31(53)13-10-20-58-50(54)55/h6-7,12,14,24,26-28,31,33-38,40,60,69H,8-11,13,15-23,25,52-53H2,1-5H3,(H,61,73)(H,62,72)(H,63,78)(H,64,77)(H,65,74)(H,66,79)(H,67,76)(H,68,75)(H,70,71)(H,80,81)(H4,54,55,58)(H4,56,57,59)/t28-,31-,33-,34-,35-,36-,37-,38-,40-/m0/s1. The fraction of sp³-hybridized carbons (Fsp3) is 0.608. The number of nitrogens with zero attached hydrogens (tertiary/aromatic N) is 2. The molecule has 0 aliphatic heterocycles. The Kier molecular flexibility index (Phi) is 30.2. The summed E-state index contributed by atoms with van der Waals surface area (Å²) in [6, 6.07) is -5.58. The lowest BCUT2D eigenvalue weighted by atomic mass is 9.99. The van der Waals surface area contributed by atoms with Gasteiger partial charge < -0.3 is 97.2 Å². The zero-order valence-electron chi connectivity index (χ0n) is 46.6. The molecular weight excluding hydrogens is 1060 g/mol. The van der Waals surface area contributed by atoms with Crippen molar-refractivity contribution in [1.29, 1.82) is 0 Å². The quantitative estimate of drug-likeness (QED) is 0.0172. The van der Waals surface area contributed by atoms with Gasteiger partial charge in [0.05, 0.1) is 12.6 Å². The van der Waals surface area contributed by atoms with E-state index >= 15 is 0 Å². The summed E-state index contributed by atoms with van der Waals surface area (Å²) >= 11 is 0. The number of benzene rings is 1. The lowest BCUT2D eigenvalue weighted by Gasteiger charge is -2.29. The number of aromatic amines is 1. The van der Waals surface area contributed by atoms with Crippen molar-refractivity contribution in [2.24, 2.45) is 56.2 Å². The van der Waals surface area contributed by atoms with Gasteiger partial charge in [-0.1, -0.05) is 45.9 Å². The highest BCUT2D eigenvalue weighted by Gasteiger charge is 2.36. The number of aromatic nitrogens is 1. The Labute approximate surface area is 469 Å². The molecule has 81 heavy (non-hydrogen) atoms. The van der Waals surface area contributed by atoms with Crippen LogP contribution in [0.2, 0.25) is 0 Å². The number of hydrogen-bond acceptors (Lipinski definition) is 15. The van der Waals surface area contributed by atoms with Crippen LogP contribution in [-0.4, -0.2) is 172 Å². The molecular formula is C51H85N17O13. The number of rotatable bonds is 38. The molecule has 2 aromatic rings. The first-order valence-electron chi connectivity index (χ1n) is 26.8. The first-order valence-corrected chi connectivity index (χ1v) is 26.8. The smallest absolute Gasteiger partial charge is 0.325 e. The Balaban J connectivity index is 2.51. The average Bonchev–Trinajstić information content (AvgIpc) is 3.89. The molecule has 9 atom stereocenters. The number of amides is 8. The van der Waals surface area contributed by atoms with Crippen LogP contribution in [0, 0.1) is 11.8 Å². The van der Waals surface area contributed by atoms with E-state index < -0.39 is 139 Å². The second-order valence-corrected chi connectivity index (χ2v) is 20.3. The number of carbonyl (C=O) groups is 10. The number of carboxylic acid groups (broad SMARTS) is 2. The molecule has 30 heteroatoms. The van der Waals surface area contributed by atoms with Gasteiger partial charge >= 0.3 is 11.9 Å². The molecule has 0 aliphatic carbocycles. The Morgan fingerprint density at radius 1 is 0.568 bits per heavy atom. The molecule has 452 valence electrons. The monoisotopic (exact) mass is 1140 g/mol. The fourth-order valence-corrected chi connectivity index (χ4v) is 8.14. The number of nitrogens with one attached hydrogen (secondary N) is 9. The Morgan fingerprint density at radius 3 is 1.60 bits per heavy atom. The van der Waals surface area contributed by atoms with E-state index in [4.69, 9.17) is 34.4 Å². The van der Waals surface area contributed by atoms with Gasteiger partial charge in [0.25, 0.3) is 0 Å². The molecule has 0 spiro atoms. The van der Waals surface area contributed by atoms with Crippen LogP contribution in [0.25, 0.3) is 10.9 Å². The molecule has 1 heterocycles. The van der Waals surface area contributed by atoms with Crippen molar-refractivity contribution in [2.75, 3.05) is 26.2 Å². The molecule has 30 nitrogen and oxygen atoms in total. The molecule has 0 fully saturated rings. The van der Waals surface area contributed by atoms with E-state index in [2.05, 4.69) is 57.5 Å². The lowest BCUT2D eigenvalue weighted by molar-refractivity contribution is -0.142. The van der Waals surface area contributed by atoms with E-state index in [1.165, 1.54) is 6.92 Å². The highest BCUT2D eigenvalue weighted by molar-refractivity contribution is 5.99. The van der Waals surface area contributed by atoms with Gasteiger partial charge in [0.15, 0.2) is 11.9 Å². The summed E-state index contributed by atoms with van der Waals surface area (Å²) in [5.41, 5.74) is 34.7. The normalized spacial score (nSPS) is 14.5. The maximum Gasteiger partial charge on any atom is 0.325 e. The Hall–Kier alpha value is -8.12. The molecule has 2 rings (SSSR count). The molecule has 0 saturated heterocycles. The molecule has 1 aromatic heterocycles. The van der Waals surface area contributed by atoms with E-state index in [1.54, 1.807) is 58.2 Å². The summed E-state index contributed by atoms with van der Waals surface area (Å²) in [4.78, 5) is 146. The predicted octanol–water partition coefficient (Wildman–Crippen LogP) is -4.18. The maximum absolute atomic E-state index is 14.6. The first kappa shape index (κ1) is 69.0. The fourth-order valence-electron chi connectivity index (χ4n) is 8.14. The number of aliphatic hydroxyl groups is 1. The average molecular weight is 1140 g/mol. The minimum atomic E-state index is -1.70. The number of hydrogen-bond donors (Lipinski definition) is 18. The largest absolute Gasteiger partial charge is 0.481 e. The van der Waals surface area contributed by atoms with Crippen LogP contribution in [-0.2, 0) is 54.4 Å². The zero-order valence-corrected chi connectivity index (χ0v) is 46.6. The van der Waals surface area contributed by atoms with E-state index in [0.717, 1.165) is 0 Å². The summed E-state index contributed by atoms with van der Waals surface area (Å²) in [7, 11) is 0. The highest BCUT2D eigenvalue weighted by atomic mass is 16.4. The van der Waals surface area contributed by atoms with Crippen LogP contribution >= 0.6 is 0 Å². The van der Waals surface area contributed by atoms with Crippen LogP contribution in [0.5, 0.6) is 0 Å². The highest BCUT2D eigenvalue weighted by Crippen LogP contribution is 2.20. The molecule has 8 amide bonds. The minimum Gasteiger partial charge on any atom is -0.481 e. The zero-order chi connectivity index (χ0) is 60.9. The molecule has 24 N–H and O–H groups in total. The van der Waals surface area contributed by atoms with E-state index in [9.17, 15) is 63.3 Å². The van der Waals surface area contributed by atoms with Crippen molar-refractivity contribution in [1.82, 2.24) is 47.5 Å². The Bertz CT molecular complexity index is 2500. The lowest BCUT2D eigenvalue weighted by Crippen LogP contribution is -2.61. The molecule has 0 bridgehead atoms. The van der Waals surface area contributed by atoms with Gasteiger partial charge in [-0.2, -0.15) is 0 Å². The summed E-state index contributed by atoms with van der Waals surface area (Å²) in [5.74, 6) is -11.2. The van der Waals surface area contributed by atoms with Gasteiger partial charge in [0.1, 0.15) is 48.3 Å². The third-order valence-electron chi connectivity index (χ3n) is 12.6. The summed E-state index contributed by atoms with van der Waals surface area (Å²) in [6.07, 6.45) is 1.65. The van der Waals surface area contributed by atoms with Gasteiger partial charge in [-0.05, 0) is 94.7 Å². The number of aliphatic imine (C=N–C) groups is 2. The van der Waals surface area contributed by atoms with Crippen LogP contribution in [0.15, 0.2) is 40.4 Å². The number of carboxylic acids is 2. The van der Waals surface area contributed by atoms with Crippen LogP contribution in [0.4, 0.5) is 0 Å². The van der Waals surface area contributed by atoms with Crippen molar-refractivity contribution >= 4 is 82.0 Å². The summed E-state index contributed by atoms with van der Waals surface area (Å²) < 4.78 is 0. The number of carbonyl (C=O) groups excluding carboxylic acids is 8. The van der Waals surface area contributed by atoms with Crippen molar-refractivity contribution in [2.45, 2.75) is 160 Å². The molecule has 0 unspecified atom stereocenters. The van der Waals surface area contributed by atoms with Crippen molar-refractivity contribution in [3.63, 3.8) is 0 Å². The number of aliphatic carboxylic acids is 2. The number of guanidine groups is 2. The van der Waals surface area contributed by atoms with Crippen molar-refractivity contribution in [3.8, 4) is 0 Å². The van der Waals surface area contributed by atoms with Gasteiger partial charge in [0.2, 0.25) is 47.3 Å². The number of nitrogens with two attached hydrogens (primary N) is 6. The maximum atomic E-state index is 14.6. The second kappa shape index (κ2) is 35.5. The predicted molar refractivity (Wildman–Crippen MR) is 300 cm³/mol. The van der Waals surface area contributed by atoms with Gasteiger partial charge in [-0.3, -0.25) is 57.9 Å². The minimum absolute atomic E-state index is 0.00256. The summed E-state index contributed by atoms with van der Waals surface area (Å²) in [5, 5.41) is 50.2. The number of fused-ring (bicyclic) bond motifs is 1. The van der Waals surface area contributed by atoms with E-state index in [1.807, 2.05) is 0 Å². The van der Waals surface area contributed by atoms with Crippen molar-refractivity contribution in [3.05, 3.63) is 36.0 Å². The topological polar surface area (TPSA) is 524 Å². The second-order valence-electron chi connectivity index (χ2n) is 20.3. The van der Waals surface area contributed by atoms with Crippen LogP contribution in [0.1, 0.15) is 104 Å². The van der Waals surface area contributed by atoms with Gasteiger partial charge in [-0.15, -0.1) is 0 Å². The number of unbranched alkanes of at least 4 members (excludes halogenated alkanes) is 1. The van der Waals surface area contributed by atoms with Crippen molar-refractivity contribution < 1.29 is 63.3 Å². The Morgan fingerprint density at radius 2 is 1.05 bits per heavy atom. The van der Waals surface area contributed by atoms with Crippen LogP contribution < -0.4 is 76.9 Å². The molecule has 1 aromatic carbocycles. The van der Waals surface area contributed by atoms with E-state index in [0.29, 0.717) is 35.7 Å². The number of H-pyrrole nitrogens is 1. The first-order chi connectivity index (χ1) is 38.2. The molecule has 0 saturated carbocycles. The molecule has 0 radical (unpaired) electrons. The summed E-state index contributed by atoms with van der Waals surface area (Å²) in [6.45, 7) is 7.44. The number of aliphatic hydroxyl groups excluding tert-OH is 1. The van der Waals surface area contributed by atoms with E-state index in [-0.39, 0.29) is 76.0 Å². The third-order valence-corrected chi connectivity index (χ3v) is 12.6.